The number of aromatic nitrogens is 2. The maximum Gasteiger partial charge on any atom is 0.305 e. The minimum atomic E-state index is -0.0744. The molecule has 1 rings (SSSR count). The van der Waals surface area contributed by atoms with Crippen LogP contribution < -0.4 is 0 Å². The lowest BCUT2D eigenvalue weighted by atomic mass is 10.0. The summed E-state index contributed by atoms with van der Waals surface area (Å²) < 4.78 is 7.94. The van der Waals surface area contributed by atoms with Crippen LogP contribution in [0.1, 0.15) is 101 Å². The molecule has 1 heterocycles. The van der Waals surface area contributed by atoms with Gasteiger partial charge in [0.15, 0.2) is 0 Å². The molecule has 1 aromatic rings. The van der Waals surface area contributed by atoms with Crippen LogP contribution in [0.15, 0.2) is 4.47 Å². The highest BCUT2D eigenvalue weighted by Crippen LogP contribution is 2.20. The number of aryl methyl sites for hydroxylation is 2. The standard InChI is InChI=1S/C22H39BrN2O2/c1-19-22(23)20(2)25(24-19)18-16-14-12-10-8-6-4-5-7-9-11-13-15-17-21(26)27-3/h4-18H2,1-3H3. The van der Waals surface area contributed by atoms with E-state index in [9.17, 15) is 4.79 Å². The molecular formula is C22H39BrN2O2. The lowest BCUT2D eigenvalue weighted by Gasteiger charge is -2.05. The number of nitrogens with zero attached hydrogens (tertiary/aromatic N) is 2. The van der Waals surface area contributed by atoms with Crippen LogP contribution in [0.3, 0.4) is 0 Å². The van der Waals surface area contributed by atoms with Crippen molar-refractivity contribution < 1.29 is 9.53 Å². The zero-order valence-corrected chi connectivity index (χ0v) is 19.3. The van der Waals surface area contributed by atoms with E-state index in [0.717, 1.165) is 29.6 Å². The van der Waals surface area contributed by atoms with Gasteiger partial charge >= 0.3 is 5.97 Å². The van der Waals surface area contributed by atoms with Crippen molar-refractivity contribution in [1.29, 1.82) is 0 Å². The van der Waals surface area contributed by atoms with Crippen molar-refractivity contribution >= 4 is 21.9 Å². The normalized spacial score (nSPS) is 11.1. The summed E-state index contributed by atoms with van der Waals surface area (Å²) in [5.74, 6) is -0.0744. The maximum atomic E-state index is 11.0. The summed E-state index contributed by atoms with van der Waals surface area (Å²) in [6, 6.07) is 0. The fourth-order valence-corrected chi connectivity index (χ4v) is 3.75. The van der Waals surface area contributed by atoms with Crippen molar-refractivity contribution in [3.8, 4) is 0 Å². The van der Waals surface area contributed by atoms with Crippen molar-refractivity contribution in [2.24, 2.45) is 0 Å². The summed E-state index contributed by atoms with van der Waals surface area (Å²) >= 11 is 3.59. The van der Waals surface area contributed by atoms with E-state index in [-0.39, 0.29) is 5.97 Å². The van der Waals surface area contributed by atoms with Crippen LogP contribution in [0.4, 0.5) is 0 Å². The highest BCUT2D eigenvalue weighted by atomic mass is 79.9. The zero-order valence-electron chi connectivity index (χ0n) is 17.7. The first-order valence-corrected chi connectivity index (χ1v) is 11.6. The number of hydrogen-bond acceptors (Lipinski definition) is 3. The Hall–Kier alpha value is -0.840. The van der Waals surface area contributed by atoms with Gasteiger partial charge in [-0.1, -0.05) is 70.6 Å². The van der Waals surface area contributed by atoms with Crippen LogP contribution in [0.25, 0.3) is 0 Å². The van der Waals surface area contributed by atoms with Gasteiger partial charge in [0, 0.05) is 18.7 Å². The summed E-state index contributed by atoms with van der Waals surface area (Å²) in [4.78, 5) is 11.0. The van der Waals surface area contributed by atoms with E-state index in [1.165, 1.54) is 83.4 Å². The van der Waals surface area contributed by atoms with E-state index in [4.69, 9.17) is 0 Å². The van der Waals surface area contributed by atoms with E-state index in [0.29, 0.717) is 6.42 Å². The van der Waals surface area contributed by atoms with E-state index in [1.807, 2.05) is 0 Å². The first-order chi connectivity index (χ1) is 13.1. The number of unbranched alkanes of at least 4 members (excludes halogenated alkanes) is 12. The Morgan fingerprint density at radius 3 is 1.70 bits per heavy atom. The smallest absolute Gasteiger partial charge is 0.305 e. The molecule has 0 aromatic carbocycles. The van der Waals surface area contributed by atoms with Crippen molar-refractivity contribution in [2.45, 2.75) is 110 Å². The predicted octanol–water partition coefficient (Wildman–Crippen LogP) is 6.90. The Morgan fingerprint density at radius 2 is 1.30 bits per heavy atom. The average Bonchev–Trinajstić information content (AvgIpc) is 2.91. The molecule has 0 amide bonds. The highest BCUT2D eigenvalue weighted by molar-refractivity contribution is 9.10. The molecule has 4 nitrogen and oxygen atoms in total. The molecule has 0 N–H and O–H groups in total. The molecule has 0 saturated carbocycles. The first kappa shape index (κ1) is 24.2. The van der Waals surface area contributed by atoms with Gasteiger partial charge in [-0.25, -0.2) is 0 Å². The molecule has 1 aromatic heterocycles. The van der Waals surface area contributed by atoms with Crippen LogP contribution >= 0.6 is 15.9 Å². The number of carbonyl (C=O) groups is 1. The molecule has 0 unspecified atom stereocenters. The Labute approximate surface area is 174 Å². The van der Waals surface area contributed by atoms with Crippen molar-refractivity contribution in [1.82, 2.24) is 9.78 Å². The van der Waals surface area contributed by atoms with Gasteiger partial charge in [0.1, 0.15) is 0 Å². The van der Waals surface area contributed by atoms with Gasteiger partial charge in [-0.15, -0.1) is 0 Å². The Bertz CT molecular complexity index is 529. The summed E-state index contributed by atoms with van der Waals surface area (Å²) in [5, 5.41) is 4.57. The SMILES string of the molecule is COC(=O)CCCCCCCCCCCCCCCn1nc(C)c(Br)c1C. The van der Waals surface area contributed by atoms with E-state index < -0.39 is 0 Å². The second-order valence-corrected chi connectivity index (χ2v) is 8.42. The van der Waals surface area contributed by atoms with Crippen LogP contribution in [-0.4, -0.2) is 22.9 Å². The third-order valence-electron chi connectivity index (χ3n) is 5.27. The second-order valence-electron chi connectivity index (χ2n) is 7.63. The molecule has 0 atom stereocenters. The first-order valence-electron chi connectivity index (χ1n) is 10.8. The number of esters is 1. The van der Waals surface area contributed by atoms with E-state index >= 15 is 0 Å². The van der Waals surface area contributed by atoms with Crippen LogP contribution in [0.2, 0.25) is 0 Å². The Kier molecular flexibility index (Phi) is 13.6. The van der Waals surface area contributed by atoms with E-state index in [1.54, 1.807) is 0 Å². The molecule has 0 aliphatic carbocycles. The lowest BCUT2D eigenvalue weighted by molar-refractivity contribution is -0.140. The third-order valence-corrected chi connectivity index (χ3v) is 6.42. The molecule has 0 aliphatic rings. The molecule has 0 aliphatic heterocycles. The number of hydrogen-bond donors (Lipinski definition) is 0. The minimum absolute atomic E-state index is 0.0744. The predicted molar refractivity (Wildman–Crippen MR) is 116 cm³/mol. The Morgan fingerprint density at radius 1 is 0.852 bits per heavy atom. The second kappa shape index (κ2) is 15.1. The molecule has 0 saturated heterocycles. The quantitative estimate of drug-likeness (QED) is 0.206. The number of rotatable bonds is 16. The van der Waals surface area contributed by atoms with Crippen LogP contribution in [0, 0.1) is 13.8 Å². The third kappa shape index (κ3) is 10.9. The van der Waals surface area contributed by atoms with Gasteiger partial charge in [0.25, 0.3) is 0 Å². The largest absolute Gasteiger partial charge is 0.469 e. The summed E-state index contributed by atoms with van der Waals surface area (Å²) in [7, 11) is 1.46. The molecule has 156 valence electrons. The number of ether oxygens (including phenoxy) is 1. The topological polar surface area (TPSA) is 44.1 Å². The van der Waals surface area contributed by atoms with Gasteiger partial charge in [-0.2, -0.15) is 5.10 Å². The summed E-state index contributed by atoms with van der Waals surface area (Å²) in [6.45, 7) is 5.23. The zero-order chi connectivity index (χ0) is 19.9. The molecule has 0 bridgehead atoms. The molecule has 5 heteroatoms. The van der Waals surface area contributed by atoms with Crippen molar-refractivity contribution in [2.75, 3.05) is 7.11 Å². The van der Waals surface area contributed by atoms with Gasteiger partial charge in [0.05, 0.1) is 17.3 Å². The average molecular weight is 443 g/mol. The minimum Gasteiger partial charge on any atom is -0.469 e. The number of halogens is 1. The fourth-order valence-electron chi connectivity index (χ4n) is 3.47. The molecule has 0 spiro atoms. The number of carbonyl (C=O) groups excluding carboxylic acids is 1. The van der Waals surface area contributed by atoms with Gasteiger partial charge < -0.3 is 4.74 Å². The summed E-state index contributed by atoms with van der Waals surface area (Å²) in [6.07, 6.45) is 17.4. The molecule has 27 heavy (non-hydrogen) atoms. The maximum absolute atomic E-state index is 11.0. The Balaban J connectivity index is 1.81. The van der Waals surface area contributed by atoms with Gasteiger partial charge in [0.2, 0.25) is 0 Å². The van der Waals surface area contributed by atoms with Gasteiger partial charge in [-0.3, -0.25) is 9.48 Å². The van der Waals surface area contributed by atoms with Crippen LogP contribution in [-0.2, 0) is 16.1 Å². The monoisotopic (exact) mass is 442 g/mol. The molecule has 0 radical (unpaired) electrons. The van der Waals surface area contributed by atoms with Crippen LogP contribution in [0.5, 0.6) is 0 Å². The summed E-state index contributed by atoms with van der Waals surface area (Å²) in [5.41, 5.74) is 2.34. The lowest BCUT2D eigenvalue weighted by Crippen LogP contribution is -2.02. The molecular weight excluding hydrogens is 404 g/mol. The van der Waals surface area contributed by atoms with Gasteiger partial charge in [-0.05, 0) is 42.6 Å². The number of methoxy groups -OCH3 is 1. The van der Waals surface area contributed by atoms with E-state index in [2.05, 4.69) is 44.3 Å². The van der Waals surface area contributed by atoms with Crippen molar-refractivity contribution in [3.63, 3.8) is 0 Å². The molecule has 0 fully saturated rings. The fraction of sp³-hybridized carbons (Fsp3) is 0.818. The highest BCUT2D eigenvalue weighted by Gasteiger charge is 2.07. The van der Waals surface area contributed by atoms with Crippen molar-refractivity contribution in [3.05, 3.63) is 15.9 Å².